The molecule has 1 aliphatic heterocycles. The van der Waals surface area contributed by atoms with Gasteiger partial charge >= 0.3 is 0 Å². The fraction of sp³-hybridized carbons (Fsp3) is 0.909. The Labute approximate surface area is 84.6 Å². The molecule has 0 bridgehead atoms. The van der Waals surface area contributed by atoms with Crippen LogP contribution in [0.25, 0.3) is 0 Å². The van der Waals surface area contributed by atoms with Crippen molar-refractivity contribution in [2.75, 3.05) is 0 Å². The van der Waals surface area contributed by atoms with Gasteiger partial charge in [0.25, 0.3) is 0 Å². The summed E-state index contributed by atoms with van der Waals surface area (Å²) in [5, 5.41) is 0. The van der Waals surface area contributed by atoms with Crippen LogP contribution in [0.4, 0.5) is 0 Å². The Bertz CT molecular complexity index is 254. The van der Waals surface area contributed by atoms with Crippen LogP contribution in [0.3, 0.4) is 0 Å². The molecule has 0 aromatic heterocycles. The van der Waals surface area contributed by atoms with Gasteiger partial charge in [0.1, 0.15) is 0 Å². The molecule has 1 heterocycles. The summed E-state index contributed by atoms with van der Waals surface area (Å²) in [5.41, 5.74) is 6.03. The van der Waals surface area contributed by atoms with E-state index in [2.05, 4.69) is 10.9 Å². The van der Waals surface area contributed by atoms with Crippen LogP contribution in [-0.4, -0.2) is 11.9 Å². The Balaban J connectivity index is 1.77. The number of fused-ring (bicyclic) bond motifs is 3. The maximum atomic E-state index is 11.2. The summed E-state index contributed by atoms with van der Waals surface area (Å²) in [6.45, 7) is 0. The van der Waals surface area contributed by atoms with Crippen molar-refractivity contribution in [3.8, 4) is 0 Å². The van der Waals surface area contributed by atoms with Crippen LogP contribution in [0, 0.1) is 17.8 Å². The Morgan fingerprint density at radius 2 is 2.00 bits per heavy atom. The van der Waals surface area contributed by atoms with Crippen molar-refractivity contribution in [3.63, 3.8) is 0 Å². The average molecular weight is 194 g/mol. The predicted molar refractivity (Wildman–Crippen MR) is 53.2 cm³/mol. The predicted octanol–water partition coefficient (Wildman–Crippen LogP) is 1.21. The second-order valence-corrected chi connectivity index (χ2v) is 5.13. The molecule has 3 aliphatic rings. The third-order valence-corrected chi connectivity index (χ3v) is 4.37. The number of carbonyl (C=O) groups is 1. The number of rotatable bonds is 0. The first-order valence-electron chi connectivity index (χ1n) is 5.89. The highest BCUT2D eigenvalue weighted by Gasteiger charge is 2.46. The molecule has 1 amide bonds. The number of carbonyl (C=O) groups excluding carboxylic acids is 1. The molecule has 0 spiro atoms. The standard InChI is InChI=1S/C11H18N2O/c14-10-6-8-5-7-3-1-2-4-9(7)11(8)13-12-10/h7-9,11,13H,1-6H2,(H,12,14). The maximum absolute atomic E-state index is 11.2. The van der Waals surface area contributed by atoms with Gasteiger partial charge in [0, 0.05) is 12.5 Å². The second kappa shape index (κ2) is 3.23. The summed E-state index contributed by atoms with van der Waals surface area (Å²) < 4.78 is 0. The minimum Gasteiger partial charge on any atom is -0.291 e. The summed E-state index contributed by atoms with van der Waals surface area (Å²) in [4.78, 5) is 11.2. The lowest BCUT2D eigenvalue weighted by Crippen LogP contribution is -2.54. The van der Waals surface area contributed by atoms with Gasteiger partial charge in [-0.2, -0.15) is 0 Å². The monoisotopic (exact) mass is 194 g/mol. The highest BCUT2D eigenvalue weighted by atomic mass is 16.2. The van der Waals surface area contributed by atoms with Gasteiger partial charge in [-0.3, -0.25) is 10.2 Å². The Morgan fingerprint density at radius 1 is 1.14 bits per heavy atom. The fourth-order valence-electron chi connectivity index (χ4n) is 3.78. The molecular weight excluding hydrogens is 176 g/mol. The van der Waals surface area contributed by atoms with E-state index in [-0.39, 0.29) is 5.91 Å². The third-order valence-electron chi connectivity index (χ3n) is 4.37. The molecule has 2 saturated carbocycles. The molecule has 0 aromatic carbocycles. The zero-order chi connectivity index (χ0) is 9.54. The molecule has 78 valence electrons. The van der Waals surface area contributed by atoms with E-state index < -0.39 is 0 Å². The van der Waals surface area contributed by atoms with Crippen LogP contribution >= 0.6 is 0 Å². The average Bonchev–Trinajstić information content (AvgIpc) is 2.54. The number of hydrogen-bond donors (Lipinski definition) is 2. The van der Waals surface area contributed by atoms with Gasteiger partial charge in [0.05, 0.1) is 0 Å². The minimum atomic E-state index is 0.185. The van der Waals surface area contributed by atoms with Crippen LogP contribution in [0.1, 0.15) is 38.5 Å². The highest BCUT2D eigenvalue weighted by Crippen LogP contribution is 2.46. The van der Waals surface area contributed by atoms with Crippen LogP contribution in [0.15, 0.2) is 0 Å². The summed E-state index contributed by atoms with van der Waals surface area (Å²) in [7, 11) is 0. The summed E-state index contributed by atoms with van der Waals surface area (Å²) in [5.74, 6) is 2.55. The summed E-state index contributed by atoms with van der Waals surface area (Å²) in [6, 6.07) is 0.581. The van der Waals surface area contributed by atoms with Gasteiger partial charge in [-0.15, -0.1) is 0 Å². The molecule has 2 N–H and O–H groups in total. The van der Waals surface area contributed by atoms with Crippen molar-refractivity contribution in [3.05, 3.63) is 0 Å². The molecule has 1 saturated heterocycles. The smallest absolute Gasteiger partial charge is 0.234 e. The van der Waals surface area contributed by atoms with E-state index in [1.807, 2.05) is 0 Å². The van der Waals surface area contributed by atoms with E-state index in [1.54, 1.807) is 0 Å². The quantitative estimate of drug-likeness (QED) is 0.608. The van der Waals surface area contributed by atoms with Crippen molar-refractivity contribution in [1.82, 2.24) is 10.9 Å². The normalized spacial score (nSPS) is 46.7. The van der Waals surface area contributed by atoms with E-state index in [0.717, 1.165) is 18.3 Å². The Hall–Kier alpha value is -0.570. The SMILES string of the molecule is O=C1CC2CC3CCCCC3C2NN1. The van der Waals surface area contributed by atoms with Crippen LogP contribution in [0.5, 0.6) is 0 Å². The van der Waals surface area contributed by atoms with Crippen molar-refractivity contribution in [2.24, 2.45) is 17.8 Å². The van der Waals surface area contributed by atoms with Crippen molar-refractivity contribution in [2.45, 2.75) is 44.6 Å². The van der Waals surface area contributed by atoms with Gasteiger partial charge in [-0.05, 0) is 30.6 Å². The molecule has 4 atom stereocenters. The molecule has 3 heteroatoms. The number of amides is 1. The summed E-state index contributed by atoms with van der Waals surface area (Å²) in [6.07, 6.45) is 7.60. The maximum Gasteiger partial charge on any atom is 0.234 e. The van der Waals surface area contributed by atoms with Gasteiger partial charge < -0.3 is 0 Å². The van der Waals surface area contributed by atoms with Crippen molar-refractivity contribution < 1.29 is 4.79 Å². The summed E-state index contributed by atoms with van der Waals surface area (Å²) >= 11 is 0. The lowest BCUT2D eigenvalue weighted by atomic mass is 9.80. The molecule has 3 fully saturated rings. The van der Waals surface area contributed by atoms with Crippen molar-refractivity contribution in [1.29, 1.82) is 0 Å². The highest BCUT2D eigenvalue weighted by molar-refractivity contribution is 5.76. The van der Waals surface area contributed by atoms with Gasteiger partial charge in [0.15, 0.2) is 0 Å². The number of hydrogen-bond acceptors (Lipinski definition) is 2. The van der Waals surface area contributed by atoms with Crippen LogP contribution in [0.2, 0.25) is 0 Å². The lowest BCUT2D eigenvalue weighted by molar-refractivity contribution is -0.125. The Kier molecular flexibility index (Phi) is 2.01. The van der Waals surface area contributed by atoms with Gasteiger partial charge in [-0.25, -0.2) is 5.43 Å². The largest absolute Gasteiger partial charge is 0.291 e. The van der Waals surface area contributed by atoms with Gasteiger partial charge in [-0.1, -0.05) is 19.3 Å². The lowest BCUT2D eigenvalue weighted by Gasteiger charge is -2.33. The molecule has 2 aliphatic carbocycles. The van der Waals surface area contributed by atoms with E-state index in [9.17, 15) is 4.79 Å². The zero-order valence-electron chi connectivity index (χ0n) is 8.46. The third kappa shape index (κ3) is 1.26. The van der Waals surface area contributed by atoms with Crippen LogP contribution < -0.4 is 10.9 Å². The molecule has 0 aromatic rings. The molecule has 3 rings (SSSR count). The topological polar surface area (TPSA) is 41.1 Å². The first kappa shape index (κ1) is 8.72. The number of nitrogens with one attached hydrogen (secondary N) is 2. The molecule has 4 unspecified atom stereocenters. The van der Waals surface area contributed by atoms with Crippen LogP contribution in [-0.2, 0) is 4.79 Å². The fourth-order valence-corrected chi connectivity index (χ4v) is 3.78. The second-order valence-electron chi connectivity index (χ2n) is 5.13. The molecular formula is C11H18N2O. The van der Waals surface area contributed by atoms with Crippen molar-refractivity contribution >= 4 is 5.91 Å². The molecule has 0 radical (unpaired) electrons. The molecule has 3 nitrogen and oxygen atoms in total. The first-order valence-corrected chi connectivity index (χ1v) is 5.89. The van der Waals surface area contributed by atoms with E-state index in [1.165, 1.54) is 32.1 Å². The van der Waals surface area contributed by atoms with E-state index in [0.29, 0.717) is 12.0 Å². The zero-order valence-corrected chi connectivity index (χ0v) is 8.46. The number of hydrazine groups is 1. The minimum absolute atomic E-state index is 0.185. The first-order chi connectivity index (χ1) is 6.84. The van der Waals surface area contributed by atoms with Gasteiger partial charge in [0.2, 0.25) is 5.91 Å². The Morgan fingerprint density at radius 3 is 2.93 bits per heavy atom. The molecule has 14 heavy (non-hydrogen) atoms. The van der Waals surface area contributed by atoms with E-state index in [4.69, 9.17) is 0 Å². The van der Waals surface area contributed by atoms with E-state index >= 15 is 0 Å².